The van der Waals surface area contributed by atoms with Crippen LogP contribution in [-0.2, 0) is 0 Å². The Morgan fingerprint density at radius 1 is 1.23 bits per heavy atom. The van der Waals surface area contributed by atoms with Crippen LogP contribution in [0.25, 0.3) is 6.08 Å². The van der Waals surface area contributed by atoms with Crippen LogP contribution >= 0.6 is 24.8 Å². The number of hydrogen-bond acceptors (Lipinski definition) is 3. The predicted octanol–water partition coefficient (Wildman–Crippen LogP) is 4.54. The van der Waals surface area contributed by atoms with Crippen molar-refractivity contribution >= 4 is 30.9 Å². The molecular formula is C21H31Cl2N3. The van der Waals surface area contributed by atoms with Gasteiger partial charge in [-0.05, 0) is 63.2 Å². The standard InChI is InChI=1S/C21H29N3.2ClH/c1-17(14-18-6-3-2-4-7-18)20-15-21(20)23-16-19-8-12-24(13-9-19)11-5-10-22;;/h2-4,6-7,14,19-21,23H,5,8-9,11-13,15-16H2,1H3;2*1H/t20?,21-;;/m0../s1. The lowest BCUT2D eigenvalue weighted by molar-refractivity contribution is 0.185. The van der Waals surface area contributed by atoms with E-state index in [1.54, 1.807) is 0 Å². The molecule has 26 heavy (non-hydrogen) atoms. The van der Waals surface area contributed by atoms with Gasteiger partial charge in [0, 0.05) is 19.0 Å². The fraction of sp³-hybridized carbons (Fsp3) is 0.571. The second kappa shape index (κ2) is 11.6. The predicted molar refractivity (Wildman–Crippen MR) is 114 cm³/mol. The number of piperidine rings is 1. The number of halogens is 2. The molecule has 3 nitrogen and oxygen atoms in total. The first-order chi connectivity index (χ1) is 11.8. The Balaban J connectivity index is 0.00000169. The Morgan fingerprint density at radius 3 is 2.58 bits per heavy atom. The third kappa shape index (κ3) is 6.93. The van der Waals surface area contributed by atoms with Crippen LogP contribution in [0.15, 0.2) is 35.9 Å². The van der Waals surface area contributed by atoms with Crippen molar-refractivity contribution in [2.45, 2.75) is 38.6 Å². The van der Waals surface area contributed by atoms with Crippen LogP contribution in [0.3, 0.4) is 0 Å². The summed E-state index contributed by atoms with van der Waals surface area (Å²) in [6.45, 7) is 6.70. The molecule has 0 bridgehead atoms. The maximum Gasteiger partial charge on any atom is 0.0635 e. The van der Waals surface area contributed by atoms with Gasteiger partial charge in [-0.1, -0.05) is 42.0 Å². The summed E-state index contributed by atoms with van der Waals surface area (Å²) in [4.78, 5) is 2.44. The average molecular weight is 396 g/mol. The molecule has 1 unspecified atom stereocenters. The first-order valence-electron chi connectivity index (χ1n) is 9.32. The van der Waals surface area contributed by atoms with Crippen LogP contribution in [0, 0.1) is 23.2 Å². The summed E-state index contributed by atoms with van der Waals surface area (Å²) in [5.41, 5.74) is 2.82. The summed E-state index contributed by atoms with van der Waals surface area (Å²) < 4.78 is 0. The van der Waals surface area contributed by atoms with Crippen molar-refractivity contribution < 1.29 is 0 Å². The zero-order valence-electron chi connectivity index (χ0n) is 15.6. The summed E-state index contributed by atoms with van der Waals surface area (Å²) in [7, 11) is 0. The molecule has 1 aromatic rings. The highest BCUT2D eigenvalue weighted by molar-refractivity contribution is 5.85. The topological polar surface area (TPSA) is 39.1 Å². The van der Waals surface area contributed by atoms with Gasteiger partial charge in [-0.15, -0.1) is 24.8 Å². The summed E-state index contributed by atoms with van der Waals surface area (Å²) in [5, 5.41) is 12.5. The van der Waals surface area contributed by atoms with Gasteiger partial charge >= 0.3 is 0 Å². The van der Waals surface area contributed by atoms with E-state index in [2.05, 4.69) is 59.6 Å². The summed E-state index contributed by atoms with van der Waals surface area (Å²) in [5.74, 6) is 1.53. The summed E-state index contributed by atoms with van der Waals surface area (Å²) in [6, 6.07) is 13.6. The van der Waals surface area contributed by atoms with Crippen LogP contribution in [0.5, 0.6) is 0 Å². The second-order valence-electron chi connectivity index (χ2n) is 7.35. The highest BCUT2D eigenvalue weighted by atomic mass is 35.5. The molecule has 3 rings (SSSR count). The van der Waals surface area contributed by atoms with E-state index in [-0.39, 0.29) is 24.8 Å². The van der Waals surface area contributed by atoms with Crippen molar-refractivity contribution in [3.05, 3.63) is 41.5 Å². The van der Waals surface area contributed by atoms with Gasteiger partial charge in [-0.2, -0.15) is 5.26 Å². The summed E-state index contributed by atoms with van der Waals surface area (Å²) >= 11 is 0. The molecule has 2 atom stereocenters. The molecule has 0 spiro atoms. The maximum absolute atomic E-state index is 8.67. The SMILES string of the molecule is CC(=Cc1ccccc1)C1C[C@@H]1NCC1CCN(CCC#N)CC1.Cl.Cl. The van der Waals surface area contributed by atoms with Crippen LogP contribution in [0.2, 0.25) is 0 Å². The van der Waals surface area contributed by atoms with E-state index in [4.69, 9.17) is 5.26 Å². The Labute approximate surface area is 170 Å². The van der Waals surface area contributed by atoms with Crippen LogP contribution in [0.4, 0.5) is 0 Å². The Kier molecular flexibility index (Phi) is 10.3. The molecule has 1 aliphatic carbocycles. The average Bonchev–Trinajstić information content (AvgIpc) is 3.40. The van der Waals surface area contributed by atoms with E-state index in [9.17, 15) is 0 Å². The number of nitrogens with zero attached hydrogens (tertiary/aromatic N) is 2. The molecule has 1 aliphatic heterocycles. The lowest BCUT2D eigenvalue weighted by Crippen LogP contribution is -2.38. The third-order valence-electron chi connectivity index (χ3n) is 5.48. The molecule has 5 heteroatoms. The molecule has 1 N–H and O–H groups in total. The number of nitriles is 1. The number of rotatable bonds is 7. The van der Waals surface area contributed by atoms with E-state index in [0.29, 0.717) is 12.5 Å². The first kappa shape index (κ1) is 23.0. The molecule has 2 aliphatic rings. The molecule has 0 aromatic heterocycles. The quantitative estimate of drug-likeness (QED) is 0.736. The van der Waals surface area contributed by atoms with E-state index in [0.717, 1.165) is 38.0 Å². The Bertz CT molecular complexity index is 589. The van der Waals surface area contributed by atoms with Crippen LogP contribution in [-0.4, -0.2) is 37.1 Å². The Morgan fingerprint density at radius 2 is 1.92 bits per heavy atom. The molecule has 1 saturated carbocycles. The number of likely N-dealkylation sites (tertiary alicyclic amines) is 1. The van der Waals surface area contributed by atoms with Crippen molar-refractivity contribution in [3.63, 3.8) is 0 Å². The molecule has 1 saturated heterocycles. The zero-order valence-corrected chi connectivity index (χ0v) is 17.2. The zero-order chi connectivity index (χ0) is 16.8. The van der Waals surface area contributed by atoms with E-state index >= 15 is 0 Å². The van der Waals surface area contributed by atoms with Crippen molar-refractivity contribution in [1.29, 1.82) is 5.26 Å². The monoisotopic (exact) mass is 395 g/mol. The van der Waals surface area contributed by atoms with Crippen molar-refractivity contribution in [2.75, 3.05) is 26.2 Å². The van der Waals surface area contributed by atoms with Gasteiger partial charge in [0.15, 0.2) is 0 Å². The lowest BCUT2D eigenvalue weighted by atomic mass is 9.96. The molecular weight excluding hydrogens is 365 g/mol. The fourth-order valence-electron chi connectivity index (χ4n) is 3.78. The van der Waals surface area contributed by atoms with Crippen molar-refractivity contribution in [1.82, 2.24) is 10.2 Å². The van der Waals surface area contributed by atoms with Crippen molar-refractivity contribution in [3.8, 4) is 6.07 Å². The van der Waals surface area contributed by atoms with Crippen LogP contribution < -0.4 is 5.32 Å². The van der Waals surface area contributed by atoms with Gasteiger partial charge in [0.2, 0.25) is 0 Å². The lowest BCUT2D eigenvalue weighted by Gasteiger charge is -2.31. The van der Waals surface area contributed by atoms with Crippen molar-refractivity contribution in [2.24, 2.45) is 11.8 Å². The first-order valence-corrected chi connectivity index (χ1v) is 9.32. The third-order valence-corrected chi connectivity index (χ3v) is 5.48. The minimum Gasteiger partial charge on any atom is -0.313 e. The maximum atomic E-state index is 8.67. The largest absolute Gasteiger partial charge is 0.313 e. The molecule has 2 fully saturated rings. The summed E-state index contributed by atoms with van der Waals surface area (Å²) in [6.07, 6.45) is 6.83. The normalized spacial score (nSPS) is 23.5. The van der Waals surface area contributed by atoms with Gasteiger partial charge in [-0.25, -0.2) is 0 Å². The second-order valence-corrected chi connectivity index (χ2v) is 7.35. The molecule has 0 amide bonds. The number of hydrogen-bond donors (Lipinski definition) is 1. The minimum absolute atomic E-state index is 0. The van der Waals surface area contributed by atoms with E-state index in [1.807, 2.05) is 0 Å². The molecule has 1 heterocycles. The van der Waals surface area contributed by atoms with E-state index < -0.39 is 0 Å². The molecule has 144 valence electrons. The van der Waals surface area contributed by atoms with Gasteiger partial charge in [0.05, 0.1) is 6.07 Å². The van der Waals surface area contributed by atoms with Crippen LogP contribution in [0.1, 0.15) is 38.2 Å². The van der Waals surface area contributed by atoms with Gasteiger partial charge in [0.25, 0.3) is 0 Å². The highest BCUT2D eigenvalue weighted by Crippen LogP contribution is 2.38. The highest BCUT2D eigenvalue weighted by Gasteiger charge is 2.38. The number of benzene rings is 1. The molecule has 1 aromatic carbocycles. The Hall–Kier alpha value is -1.05. The smallest absolute Gasteiger partial charge is 0.0635 e. The van der Waals surface area contributed by atoms with Gasteiger partial charge in [-0.3, -0.25) is 0 Å². The number of nitrogens with one attached hydrogen (secondary N) is 1. The minimum atomic E-state index is 0. The van der Waals surface area contributed by atoms with Gasteiger partial charge in [0.1, 0.15) is 0 Å². The molecule has 0 radical (unpaired) electrons. The fourth-order valence-corrected chi connectivity index (χ4v) is 3.78. The van der Waals surface area contributed by atoms with E-state index in [1.165, 1.54) is 30.4 Å². The van der Waals surface area contributed by atoms with Gasteiger partial charge < -0.3 is 10.2 Å².